The van der Waals surface area contributed by atoms with E-state index in [0.29, 0.717) is 34.4 Å². The van der Waals surface area contributed by atoms with Crippen LogP contribution in [0.2, 0.25) is 0 Å². The summed E-state index contributed by atoms with van der Waals surface area (Å²) in [5.74, 6) is 0.728. The van der Waals surface area contributed by atoms with Crippen molar-refractivity contribution in [3.63, 3.8) is 0 Å². The number of fused-ring (bicyclic) bond motifs is 6. The first-order valence-corrected chi connectivity index (χ1v) is 18.6. The van der Waals surface area contributed by atoms with Crippen molar-refractivity contribution >= 4 is 34.8 Å². The molecule has 6 nitrogen and oxygen atoms in total. The molecule has 6 heteroatoms. The molecule has 3 saturated carbocycles. The number of hydrogen-bond donors (Lipinski definition) is 0. The largest absolute Gasteiger partial charge is 0.311 e. The minimum absolute atomic E-state index is 0.127. The lowest BCUT2D eigenvalue weighted by atomic mass is 9.83. The van der Waals surface area contributed by atoms with Crippen molar-refractivity contribution in [3.05, 3.63) is 88.0 Å². The standard InChI is InChI=1S/C42H51N3O3/c1-43-37-22-31(28-13-7-4-8-14-28)20-35(25-37)41(47)45(3)39-24-33(30-17-11-6-12-18-30)21-36(27-39)42(48)44(2)38-23-32(19-34(26-38)40(43)46)29-15-9-5-10-16-29/h19-30H,4-18H2,1-3H3. The van der Waals surface area contributed by atoms with Gasteiger partial charge in [-0.05, 0) is 128 Å². The second-order valence-corrected chi connectivity index (χ2v) is 15.0. The van der Waals surface area contributed by atoms with Crippen LogP contribution >= 0.6 is 0 Å². The number of nitrogens with zero attached hydrogens (tertiary/aromatic N) is 3. The molecule has 6 bridgehead atoms. The van der Waals surface area contributed by atoms with Crippen LogP contribution in [0.5, 0.6) is 0 Å². The van der Waals surface area contributed by atoms with Gasteiger partial charge < -0.3 is 14.7 Å². The van der Waals surface area contributed by atoms with Crippen LogP contribution in [0.1, 0.15) is 162 Å². The Morgan fingerprint density at radius 3 is 0.875 bits per heavy atom. The zero-order valence-corrected chi connectivity index (χ0v) is 29.1. The van der Waals surface area contributed by atoms with Crippen LogP contribution in [-0.2, 0) is 0 Å². The van der Waals surface area contributed by atoms with Gasteiger partial charge in [0.2, 0.25) is 0 Å². The molecule has 0 aromatic heterocycles. The lowest BCUT2D eigenvalue weighted by Gasteiger charge is -2.27. The number of carbonyl (C=O) groups is 3. The Hall–Kier alpha value is -3.93. The molecule has 1 aliphatic heterocycles. The zero-order valence-electron chi connectivity index (χ0n) is 29.1. The van der Waals surface area contributed by atoms with Crippen LogP contribution in [0.3, 0.4) is 0 Å². The smallest absolute Gasteiger partial charge is 0.258 e. The fourth-order valence-corrected chi connectivity index (χ4v) is 8.80. The Labute approximate surface area is 286 Å². The minimum Gasteiger partial charge on any atom is -0.311 e. The lowest BCUT2D eigenvalue weighted by molar-refractivity contribution is 0.0982. The summed E-state index contributed by atoms with van der Waals surface area (Å²) in [6.45, 7) is 0. The second-order valence-electron chi connectivity index (χ2n) is 15.0. The SMILES string of the molecule is CN1C(=O)c2cc(C3CCCCC3)cc(c2)N(C)C(=O)c2cc(C3CCCCC3)cc(c2)N(C)C(=O)c2cc(C3CCCCC3)cc1c2. The maximum absolute atomic E-state index is 14.4. The minimum atomic E-state index is -0.127. The van der Waals surface area contributed by atoms with E-state index in [1.165, 1.54) is 57.8 Å². The van der Waals surface area contributed by atoms with Crippen LogP contribution < -0.4 is 14.7 Å². The van der Waals surface area contributed by atoms with Crippen molar-refractivity contribution in [1.29, 1.82) is 0 Å². The third kappa shape index (κ3) is 6.55. The third-order valence-corrected chi connectivity index (χ3v) is 11.9. The van der Waals surface area contributed by atoms with Crippen molar-refractivity contribution in [2.45, 2.75) is 114 Å². The predicted octanol–water partition coefficient (Wildman–Crippen LogP) is 9.97. The highest BCUT2D eigenvalue weighted by Crippen LogP contribution is 2.39. The van der Waals surface area contributed by atoms with E-state index >= 15 is 0 Å². The van der Waals surface area contributed by atoms with Gasteiger partial charge in [-0.15, -0.1) is 0 Å². The van der Waals surface area contributed by atoms with Gasteiger partial charge in [-0.2, -0.15) is 0 Å². The number of amides is 3. The molecule has 0 atom stereocenters. The highest BCUT2D eigenvalue weighted by Gasteiger charge is 2.28. The van der Waals surface area contributed by atoms with Crippen molar-refractivity contribution in [2.24, 2.45) is 0 Å². The normalized spacial score (nSPS) is 20.6. The Morgan fingerprint density at radius 1 is 0.375 bits per heavy atom. The van der Waals surface area contributed by atoms with Crippen molar-refractivity contribution in [1.82, 2.24) is 0 Å². The van der Waals surface area contributed by atoms with Crippen LogP contribution in [0, 0.1) is 0 Å². The summed E-state index contributed by atoms with van der Waals surface area (Å²) >= 11 is 0. The number of carbonyl (C=O) groups excluding carboxylic acids is 3. The number of rotatable bonds is 3. The number of anilines is 3. The van der Waals surface area contributed by atoms with Gasteiger partial charge >= 0.3 is 0 Å². The second kappa shape index (κ2) is 13.9. The first-order chi connectivity index (χ1) is 23.3. The molecule has 3 fully saturated rings. The van der Waals surface area contributed by atoms with E-state index in [-0.39, 0.29) is 17.7 Å². The van der Waals surface area contributed by atoms with E-state index in [2.05, 4.69) is 36.4 Å². The van der Waals surface area contributed by atoms with E-state index in [1.807, 2.05) is 39.3 Å². The molecule has 0 N–H and O–H groups in total. The molecular formula is C42H51N3O3. The number of hydrogen-bond acceptors (Lipinski definition) is 3. The van der Waals surface area contributed by atoms with Crippen LogP contribution in [0.25, 0.3) is 0 Å². The summed E-state index contributed by atoms with van der Waals surface area (Å²) in [6, 6.07) is 18.2. The molecular weight excluding hydrogens is 594 g/mol. The highest BCUT2D eigenvalue weighted by atomic mass is 16.2. The fourth-order valence-electron chi connectivity index (χ4n) is 8.80. The molecule has 0 unspecified atom stereocenters. The van der Waals surface area contributed by atoms with Crippen LogP contribution in [0.4, 0.5) is 17.1 Å². The van der Waals surface area contributed by atoms with Gasteiger partial charge in [0.15, 0.2) is 0 Å². The molecule has 3 amide bonds. The molecule has 0 saturated heterocycles. The predicted molar refractivity (Wildman–Crippen MR) is 195 cm³/mol. The Kier molecular flexibility index (Phi) is 9.44. The van der Waals surface area contributed by atoms with E-state index in [9.17, 15) is 14.4 Å². The molecule has 0 radical (unpaired) electrons. The summed E-state index contributed by atoms with van der Waals surface area (Å²) in [5.41, 5.74) is 7.35. The summed E-state index contributed by atoms with van der Waals surface area (Å²) in [7, 11) is 5.46. The summed E-state index contributed by atoms with van der Waals surface area (Å²) in [6.07, 6.45) is 17.4. The van der Waals surface area contributed by atoms with Crippen molar-refractivity contribution in [3.8, 4) is 0 Å². The number of benzene rings is 3. The average molecular weight is 646 g/mol. The van der Waals surface area contributed by atoms with Gasteiger partial charge in [0.25, 0.3) is 17.7 Å². The molecule has 3 aliphatic carbocycles. The summed E-state index contributed by atoms with van der Waals surface area (Å²) in [5, 5.41) is 0. The van der Waals surface area contributed by atoms with E-state index in [4.69, 9.17) is 0 Å². The quantitative estimate of drug-likeness (QED) is 0.285. The molecule has 7 rings (SSSR count). The Bertz CT molecular complexity index is 1500. The molecule has 4 aliphatic rings. The van der Waals surface area contributed by atoms with Gasteiger partial charge in [-0.25, -0.2) is 0 Å². The third-order valence-electron chi connectivity index (χ3n) is 11.9. The first kappa shape index (κ1) is 32.6. The van der Waals surface area contributed by atoms with Gasteiger partial charge in [0, 0.05) is 54.9 Å². The first-order valence-electron chi connectivity index (χ1n) is 18.6. The molecule has 0 spiro atoms. The van der Waals surface area contributed by atoms with Crippen LogP contribution in [-0.4, -0.2) is 38.9 Å². The van der Waals surface area contributed by atoms with Crippen LogP contribution in [0.15, 0.2) is 54.6 Å². The summed E-state index contributed by atoms with van der Waals surface area (Å²) in [4.78, 5) is 48.3. The lowest BCUT2D eigenvalue weighted by Crippen LogP contribution is -2.29. The molecule has 3 aromatic rings. The van der Waals surface area contributed by atoms with Gasteiger partial charge in [-0.1, -0.05) is 57.8 Å². The zero-order chi connectivity index (χ0) is 33.4. The molecule has 3 aromatic carbocycles. The van der Waals surface area contributed by atoms with E-state index in [1.54, 1.807) is 14.7 Å². The molecule has 252 valence electrons. The Morgan fingerprint density at radius 2 is 0.625 bits per heavy atom. The van der Waals surface area contributed by atoms with E-state index in [0.717, 1.165) is 72.3 Å². The van der Waals surface area contributed by atoms with E-state index < -0.39 is 0 Å². The molecule has 48 heavy (non-hydrogen) atoms. The fraction of sp³-hybridized carbons (Fsp3) is 0.500. The molecule has 1 heterocycles. The van der Waals surface area contributed by atoms with Crippen molar-refractivity contribution in [2.75, 3.05) is 35.8 Å². The summed E-state index contributed by atoms with van der Waals surface area (Å²) < 4.78 is 0. The monoisotopic (exact) mass is 645 g/mol. The van der Waals surface area contributed by atoms with Gasteiger partial charge in [-0.3, -0.25) is 14.4 Å². The van der Waals surface area contributed by atoms with Crippen molar-refractivity contribution < 1.29 is 14.4 Å². The topological polar surface area (TPSA) is 60.9 Å². The maximum atomic E-state index is 14.4. The Balaban J connectivity index is 1.41. The van der Waals surface area contributed by atoms with Gasteiger partial charge in [0.1, 0.15) is 0 Å². The maximum Gasteiger partial charge on any atom is 0.258 e. The van der Waals surface area contributed by atoms with Gasteiger partial charge in [0.05, 0.1) is 0 Å². The highest BCUT2D eigenvalue weighted by molar-refractivity contribution is 6.12. The average Bonchev–Trinajstić information content (AvgIpc) is 3.16.